The molecule has 3 nitrogen and oxygen atoms in total. The van der Waals surface area contributed by atoms with Crippen LogP contribution >= 0.6 is 11.8 Å². The Morgan fingerprint density at radius 1 is 1.43 bits per heavy atom. The van der Waals surface area contributed by atoms with Crippen LogP contribution in [0.5, 0.6) is 0 Å². The van der Waals surface area contributed by atoms with Crippen molar-refractivity contribution in [2.75, 3.05) is 24.8 Å². The lowest BCUT2D eigenvalue weighted by Gasteiger charge is -2.18. The van der Waals surface area contributed by atoms with Crippen molar-refractivity contribution in [2.45, 2.75) is 30.6 Å². The fraction of sp³-hybridized carbons (Fsp3) is 1.00. The first-order chi connectivity index (χ1) is 6.53. The van der Waals surface area contributed by atoms with Crippen LogP contribution in [-0.2, 0) is 9.84 Å². The summed E-state index contributed by atoms with van der Waals surface area (Å²) in [7, 11) is -2.81. The van der Waals surface area contributed by atoms with Gasteiger partial charge in [-0.25, -0.2) is 8.42 Å². The maximum Gasteiger partial charge on any atom is 0.148 e. The molecule has 1 rings (SSSR count). The standard InChI is InChI=1S/C9H19NO2S2/c1-13-9-5-3-4-8(9)10-6-7-14(2,11)12/h8-10H,3-7H2,1-2H3. The van der Waals surface area contributed by atoms with E-state index in [4.69, 9.17) is 0 Å². The van der Waals surface area contributed by atoms with Crippen LogP contribution < -0.4 is 5.32 Å². The van der Waals surface area contributed by atoms with E-state index in [1.807, 2.05) is 11.8 Å². The molecule has 0 amide bonds. The maximum absolute atomic E-state index is 10.9. The number of thioether (sulfide) groups is 1. The van der Waals surface area contributed by atoms with E-state index in [-0.39, 0.29) is 5.75 Å². The van der Waals surface area contributed by atoms with E-state index in [0.29, 0.717) is 17.8 Å². The molecule has 14 heavy (non-hydrogen) atoms. The highest BCUT2D eigenvalue weighted by Gasteiger charge is 2.25. The molecule has 0 aromatic carbocycles. The van der Waals surface area contributed by atoms with E-state index in [1.165, 1.54) is 25.5 Å². The summed E-state index contributed by atoms with van der Waals surface area (Å²) in [6.07, 6.45) is 7.13. The second kappa shape index (κ2) is 5.37. The highest BCUT2D eigenvalue weighted by molar-refractivity contribution is 7.99. The Labute approximate surface area is 91.0 Å². The minimum Gasteiger partial charge on any atom is -0.312 e. The van der Waals surface area contributed by atoms with Gasteiger partial charge in [-0.15, -0.1) is 0 Å². The van der Waals surface area contributed by atoms with Gasteiger partial charge in [0.25, 0.3) is 0 Å². The Kier molecular flexibility index (Phi) is 4.73. The fourth-order valence-electron chi connectivity index (χ4n) is 1.87. The molecule has 0 aromatic rings. The second-order valence-electron chi connectivity index (χ2n) is 3.90. The summed E-state index contributed by atoms with van der Waals surface area (Å²) in [5, 5.41) is 4.01. The first kappa shape index (κ1) is 12.3. The summed E-state index contributed by atoms with van der Waals surface area (Å²) in [4.78, 5) is 0. The lowest BCUT2D eigenvalue weighted by molar-refractivity contribution is 0.544. The molecule has 0 aliphatic heterocycles. The van der Waals surface area contributed by atoms with Crippen molar-refractivity contribution >= 4 is 21.6 Å². The van der Waals surface area contributed by atoms with Gasteiger partial charge in [0, 0.05) is 24.1 Å². The quantitative estimate of drug-likeness (QED) is 0.772. The summed E-state index contributed by atoms with van der Waals surface area (Å²) in [5.41, 5.74) is 0. The molecule has 0 saturated heterocycles. The predicted molar refractivity (Wildman–Crippen MR) is 62.7 cm³/mol. The lowest BCUT2D eigenvalue weighted by Crippen LogP contribution is -2.36. The van der Waals surface area contributed by atoms with Crippen LogP contribution in [0.25, 0.3) is 0 Å². The maximum atomic E-state index is 10.9. The van der Waals surface area contributed by atoms with Gasteiger partial charge in [-0.3, -0.25) is 0 Å². The molecular formula is C9H19NO2S2. The summed E-state index contributed by atoms with van der Waals surface area (Å²) < 4.78 is 21.8. The van der Waals surface area contributed by atoms with Crippen molar-refractivity contribution in [1.82, 2.24) is 5.32 Å². The molecule has 2 unspecified atom stereocenters. The zero-order chi connectivity index (χ0) is 10.6. The number of nitrogens with one attached hydrogen (secondary N) is 1. The molecule has 1 aliphatic carbocycles. The molecule has 0 spiro atoms. The van der Waals surface area contributed by atoms with Gasteiger partial charge >= 0.3 is 0 Å². The fourth-order valence-corrected chi connectivity index (χ4v) is 3.32. The summed E-state index contributed by atoms with van der Waals surface area (Å²) in [6.45, 7) is 0.598. The number of hydrogen-bond acceptors (Lipinski definition) is 4. The molecule has 84 valence electrons. The van der Waals surface area contributed by atoms with Crippen LogP contribution in [-0.4, -0.2) is 44.5 Å². The van der Waals surface area contributed by atoms with E-state index in [0.717, 1.165) is 0 Å². The minimum atomic E-state index is -2.81. The largest absolute Gasteiger partial charge is 0.312 e. The molecule has 2 atom stereocenters. The average Bonchev–Trinajstić information content (AvgIpc) is 2.49. The van der Waals surface area contributed by atoms with E-state index < -0.39 is 9.84 Å². The molecule has 0 bridgehead atoms. The van der Waals surface area contributed by atoms with Gasteiger partial charge in [0.05, 0.1) is 5.75 Å². The Morgan fingerprint density at radius 3 is 2.71 bits per heavy atom. The van der Waals surface area contributed by atoms with E-state index >= 15 is 0 Å². The van der Waals surface area contributed by atoms with Crippen molar-refractivity contribution in [3.8, 4) is 0 Å². The first-order valence-electron chi connectivity index (χ1n) is 4.97. The van der Waals surface area contributed by atoms with E-state index in [9.17, 15) is 8.42 Å². The Hall–Kier alpha value is 0.260. The minimum absolute atomic E-state index is 0.255. The van der Waals surface area contributed by atoms with Gasteiger partial charge in [-0.2, -0.15) is 11.8 Å². The van der Waals surface area contributed by atoms with Gasteiger partial charge in [0.1, 0.15) is 9.84 Å². The van der Waals surface area contributed by atoms with Crippen molar-refractivity contribution in [2.24, 2.45) is 0 Å². The first-order valence-corrected chi connectivity index (χ1v) is 8.31. The molecule has 1 aliphatic rings. The molecule has 5 heteroatoms. The Morgan fingerprint density at radius 2 is 2.14 bits per heavy atom. The summed E-state index contributed by atoms with van der Waals surface area (Å²) in [6, 6.07) is 0.520. The van der Waals surface area contributed by atoms with Crippen LogP contribution in [0, 0.1) is 0 Å². The van der Waals surface area contributed by atoms with Crippen molar-refractivity contribution in [3.63, 3.8) is 0 Å². The zero-order valence-corrected chi connectivity index (χ0v) is 10.5. The third kappa shape index (κ3) is 4.19. The Bertz CT molecular complexity index is 264. The molecule has 1 N–H and O–H groups in total. The summed E-state index contributed by atoms with van der Waals surface area (Å²) >= 11 is 1.89. The van der Waals surface area contributed by atoms with Crippen molar-refractivity contribution in [3.05, 3.63) is 0 Å². The lowest BCUT2D eigenvalue weighted by atomic mass is 10.2. The van der Waals surface area contributed by atoms with Crippen LogP contribution in [0.4, 0.5) is 0 Å². The van der Waals surface area contributed by atoms with Gasteiger partial charge in [-0.05, 0) is 19.1 Å². The smallest absolute Gasteiger partial charge is 0.148 e. The highest BCUT2D eigenvalue weighted by Crippen LogP contribution is 2.28. The SMILES string of the molecule is CSC1CCCC1NCCS(C)(=O)=O. The van der Waals surface area contributed by atoms with Crippen LogP contribution in [0.3, 0.4) is 0 Å². The molecule has 1 saturated carbocycles. The average molecular weight is 237 g/mol. The third-order valence-electron chi connectivity index (χ3n) is 2.63. The van der Waals surface area contributed by atoms with Gasteiger partial charge < -0.3 is 5.32 Å². The van der Waals surface area contributed by atoms with Crippen LogP contribution in [0.15, 0.2) is 0 Å². The molecular weight excluding hydrogens is 218 g/mol. The van der Waals surface area contributed by atoms with Gasteiger partial charge in [0.15, 0.2) is 0 Å². The van der Waals surface area contributed by atoms with E-state index in [1.54, 1.807) is 0 Å². The second-order valence-corrected chi connectivity index (χ2v) is 7.23. The predicted octanol–water partition coefficient (Wildman–Crippen LogP) is 0.905. The van der Waals surface area contributed by atoms with E-state index in [2.05, 4.69) is 11.6 Å². The monoisotopic (exact) mass is 237 g/mol. The molecule has 0 aromatic heterocycles. The van der Waals surface area contributed by atoms with Crippen molar-refractivity contribution < 1.29 is 8.42 Å². The number of rotatable bonds is 5. The van der Waals surface area contributed by atoms with Crippen LogP contribution in [0.2, 0.25) is 0 Å². The molecule has 0 radical (unpaired) electrons. The zero-order valence-electron chi connectivity index (χ0n) is 8.82. The topological polar surface area (TPSA) is 46.2 Å². The molecule has 1 fully saturated rings. The molecule has 0 heterocycles. The van der Waals surface area contributed by atoms with Crippen molar-refractivity contribution in [1.29, 1.82) is 0 Å². The number of sulfone groups is 1. The highest BCUT2D eigenvalue weighted by atomic mass is 32.2. The normalized spacial score (nSPS) is 28.1. The van der Waals surface area contributed by atoms with Gasteiger partial charge in [0.2, 0.25) is 0 Å². The van der Waals surface area contributed by atoms with Gasteiger partial charge in [-0.1, -0.05) is 6.42 Å². The van der Waals surface area contributed by atoms with Crippen LogP contribution in [0.1, 0.15) is 19.3 Å². The number of hydrogen-bond donors (Lipinski definition) is 1. The summed E-state index contributed by atoms with van der Waals surface area (Å²) in [5.74, 6) is 0.255. The Balaban J connectivity index is 2.24. The third-order valence-corrected chi connectivity index (χ3v) is 4.75.